The van der Waals surface area contributed by atoms with Gasteiger partial charge in [0.1, 0.15) is 28.8 Å². The monoisotopic (exact) mass is 484 g/mol. The highest BCUT2D eigenvalue weighted by Gasteiger charge is 2.26. The van der Waals surface area contributed by atoms with Crippen LogP contribution in [0.25, 0.3) is 11.0 Å². The Kier molecular flexibility index (Phi) is 6.97. The summed E-state index contributed by atoms with van der Waals surface area (Å²) in [5, 5.41) is 0.224. The Morgan fingerprint density at radius 2 is 1.88 bits per heavy atom. The van der Waals surface area contributed by atoms with Crippen molar-refractivity contribution in [3.63, 3.8) is 0 Å². The number of hydrogen-bond acceptors (Lipinski definition) is 5. The molecule has 0 aliphatic carbocycles. The summed E-state index contributed by atoms with van der Waals surface area (Å²) in [4.78, 5) is 24.5. The molecule has 1 unspecified atom stereocenters. The van der Waals surface area contributed by atoms with E-state index in [0.29, 0.717) is 10.5 Å². The van der Waals surface area contributed by atoms with Gasteiger partial charge < -0.3 is 9.72 Å². The number of aromatic nitrogens is 3. The first-order chi connectivity index (χ1) is 16.4. The van der Waals surface area contributed by atoms with Crippen molar-refractivity contribution in [2.45, 2.75) is 31.6 Å². The molecule has 0 fully saturated rings. The van der Waals surface area contributed by atoms with Crippen LogP contribution in [-0.4, -0.2) is 31.6 Å². The maximum atomic E-state index is 15.3. The predicted octanol–water partition coefficient (Wildman–Crippen LogP) is 4.95. The van der Waals surface area contributed by atoms with Gasteiger partial charge >= 0.3 is 0 Å². The maximum Gasteiger partial charge on any atom is 0.226 e. The first kappa shape index (κ1) is 23.5. The second-order valence-electron chi connectivity index (χ2n) is 7.42. The number of anilines is 1. The average Bonchev–Trinajstić information content (AvgIpc) is 3.27. The number of aromatic amines is 1. The third kappa shape index (κ3) is 4.54. The first-order valence-electron chi connectivity index (χ1n) is 10.7. The summed E-state index contributed by atoms with van der Waals surface area (Å²) in [7, 11) is -1.82. The summed E-state index contributed by atoms with van der Waals surface area (Å²) in [5.74, 6) is -2.99. The van der Waals surface area contributed by atoms with Crippen LogP contribution in [0.15, 0.2) is 53.8 Å². The molecule has 4 rings (SSSR count). The van der Waals surface area contributed by atoms with Crippen LogP contribution < -0.4 is 9.46 Å². The molecule has 0 radical (unpaired) electrons. The summed E-state index contributed by atoms with van der Waals surface area (Å²) >= 11 is 0. The van der Waals surface area contributed by atoms with Gasteiger partial charge in [-0.05, 0) is 43.2 Å². The van der Waals surface area contributed by atoms with Gasteiger partial charge in [0, 0.05) is 6.20 Å². The molecule has 2 aromatic carbocycles. The largest absolute Gasteiger partial charge is 0.477 e. The van der Waals surface area contributed by atoms with E-state index >= 15 is 4.39 Å². The van der Waals surface area contributed by atoms with E-state index in [1.54, 1.807) is 19.1 Å². The molecule has 0 spiro atoms. The van der Waals surface area contributed by atoms with Gasteiger partial charge in [0.2, 0.25) is 11.7 Å². The van der Waals surface area contributed by atoms with Crippen LogP contribution in [0.3, 0.4) is 0 Å². The fraction of sp³-hybridized carbons (Fsp3) is 0.208. The molecular weight excluding hydrogens is 462 g/mol. The molecule has 2 N–H and O–H groups in total. The molecule has 0 amide bonds. The van der Waals surface area contributed by atoms with Crippen molar-refractivity contribution in [3.05, 3.63) is 77.2 Å². The van der Waals surface area contributed by atoms with E-state index in [2.05, 4.69) is 26.6 Å². The molecule has 0 aliphatic heterocycles. The zero-order valence-corrected chi connectivity index (χ0v) is 19.3. The highest BCUT2D eigenvalue weighted by Crippen LogP contribution is 2.30. The Balaban J connectivity index is 1.67. The number of fused-ring (bicyclic) bond motifs is 1. The van der Waals surface area contributed by atoms with Crippen molar-refractivity contribution in [3.8, 4) is 5.88 Å². The number of nitrogens with zero attached hydrogens (tertiary/aromatic N) is 2. The minimum atomic E-state index is -1.82. The molecule has 4 aromatic rings. The standard InChI is InChI=1S/C24H22F2N4O3S/c1-3-5-14-6-8-15(9-7-14)34(32)30-18-11-10-17(25)20(21(18)26)22(31)16-12-27-23-19(16)24(33-4-2)29-13-28-23/h6-13,30H,3-5H2,1-2H3,(H,27,28,29). The van der Waals surface area contributed by atoms with Gasteiger partial charge in [-0.3, -0.25) is 9.52 Å². The smallest absolute Gasteiger partial charge is 0.226 e. The number of ether oxygens (including phenoxy) is 1. The molecule has 176 valence electrons. The maximum absolute atomic E-state index is 15.3. The Morgan fingerprint density at radius 3 is 2.59 bits per heavy atom. The van der Waals surface area contributed by atoms with Crippen LogP contribution >= 0.6 is 0 Å². The highest BCUT2D eigenvalue weighted by atomic mass is 32.2. The minimum Gasteiger partial charge on any atom is -0.477 e. The van der Waals surface area contributed by atoms with E-state index in [1.165, 1.54) is 12.5 Å². The number of aryl methyl sites for hydroxylation is 1. The Morgan fingerprint density at radius 1 is 1.12 bits per heavy atom. The number of nitrogens with one attached hydrogen (secondary N) is 2. The van der Waals surface area contributed by atoms with E-state index in [1.807, 2.05) is 12.1 Å². The molecule has 34 heavy (non-hydrogen) atoms. The molecule has 1 atom stereocenters. The number of halogens is 2. The predicted molar refractivity (Wildman–Crippen MR) is 125 cm³/mol. The number of hydrogen-bond donors (Lipinski definition) is 2. The van der Waals surface area contributed by atoms with Crippen LogP contribution in [0.1, 0.15) is 41.8 Å². The number of H-pyrrole nitrogens is 1. The van der Waals surface area contributed by atoms with Crippen LogP contribution in [0, 0.1) is 11.6 Å². The minimum absolute atomic E-state index is 0.0402. The lowest BCUT2D eigenvalue weighted by Crippen LogP contribution is -2.12. The topological polar surface area (TPSA) is 97.0 Å². The summed E-state index contributed by atoms with van der Waals surface area (Å²) in [6.07, 6.45) is 4.43. The molecule has 0 aliphatic rings. The molecule has 2 aromatic heterocycles. The second kappa shape index (κ2) is 10.1. The van der Waals surface area contributed by atoms with Gasteiger partial charge in [0.05, 0.1) is 33.7 Å². The first-order valence-corrected chi connectivity index (χ1v) is 11.8. The third-order valence-corrected chi connectivity index (χ3v) is 6.26. The molecule has 0 saturated carbocycles. The lowest BCUT2D eigenvalue weighted by atomic mass is 10.0. The van der Waals surface area contributed by atoms with E-state index in [-0.39, 0.29) is 29.1 Å². The van der Waals surface area contributed by atoms with Crippen LogP contribution in [-0.2, 0) is 17.4 Å². The number of carbonyl (C=O) groups is 1. The highest BCUT2D eigenvalue weighted by molar-refractivity contribution is 7.86. The zero-order chi connectivity index (χ0) is 24.2. The fourth-order valence-corrected chi connectivity index (χ4v) is 4.42. The normalized spacial score (nSPS) is 12.0. The molecule has 10 heteroatoms. The van der Waals surface area contributed by atoms with Gasteiger partial charge in [0.25, 0.3) is 0 Å². The number of rotatable bonds is 9. The van der Waals surface area contributed by atoms with Crippen molar-refractivity contribution >= 4 is 33.5 Å². The molecule has 7 nitrogen and oxygen atoms in total. The van der Waals surface area contributed by atoms with Gasteiger partial charge in [-0.15, -0.1) is 0 Å². The lowest BCUT2D eigenvalue weighted by Gasteiger charge is -2.11. The summed E-state index contributed by atoms with van der Waals surface area (Å²) in [6, 6.07) is 9.13. The van der Waals surface area contributed by atoms with Gasteiger partial charge in [-0.2, -0.15) is 0 Å². The van der Waals surface area contributed by atoms with E-state index in [9.17, 15) is 13.4 Å². The van der Waals surface area contributed by atoms with Crippen LogP contribution in [0.5, 0.6) is 5.88 Å². The molecular formula is C24H22F2N4O3S. The van der Waals surface area contributed by atoms with Gasteiger partial charge in [0.15, 0.2) is 5.82 Å². The van der Waals surface area contributed by atoms with Crippen molar-refractivity contribution in [1.29, 1.82) is 0 Å². The number of benzene rings is 2. The average molecular weight is 485 g/mol. The SMILES string of the molecule is CCCc1ccc(S(=O)Nc2ccc(F)c(C(=O)c3c[nH]c4ncnc(OCC)c34)c2F)cc1. The van der Waals surface area contributed by atoms with E-state index in [0.717, 1.165) is 30.5 Å². The Hall–Kier alpha value is -3.66. The second-order valence-corrected chi connectivity index (χ2v) is 8.63. The molecule has 0 saturated heterocycles. The van der Waals surface area contributed by atoms with E-state index < -0.39 is 34.0 Å². The lowest BCUT2D eigenvalue weighted by molar-refractivity contribution is 0.103. The third-order valence-electron chi connectivity index (χ3n) is 5.16. The van der Waals surface area contributed by atoms with Crippen molar-refractivity contribution < 1.29 is 22.5 Å². The Bertz CT molecular complexity index is 1370. The van der Waals surface area contributed by atoms with Crippen molar-refractivity contribution in [2.24, 2.45) is 0 Å². The number of ketones is 1. The fourth-order valence-electron chi connectivity index (χ4n) is 3.56. The van der Waals surface area contributed by atoms with Gasteiger partial charge in [-0.25, -0.2) is 23.0 Å². The quantitative estimate of drug-likeness (QED) is 0.328. The van der Waals surface area contributed by atoms with Crippen molar-refractivity contribution in [2.75, 3.05) is 11.3 Å². The zero-order valence-electron chi connectivity index (χ0n) is 18.5. The van der Waals surface area contributed by atoms with Gasteiger partial charge in [-0.1, -0.05) is 25.5 Å². The summed E-state index contributed by atoms with van der Waals surface area (Å²) in [6.45, 7) is 4.08. The van der Waals surface area contributed by atoms with Crippen LogP contribution in [0.4, 0.5) is 14.5 Å². The van der Waals surface area contributed by atoms with Crippen LogP contribution in [0.2, 0.25) is 0 Å². The molecule has 2 heterocycles. The van der Waals surface area contributed by atoms with Crippen molar-refractivity contribution in [1.82, 2.24) is 15.0 Å². The van der Waals surface area contributed by atoms with E-state index in [4.69, 9.17) is 4.74 Å². The number of carbonyl (C=O) groups excluding carboxylic acids is 1. The summed E-state index contributed by atoms with van der Waals surface area (Å²) in [5.41, 5.74) is 0.304. The molecule has 0 bridgehead atoms. The Labute approximate surface area is 197 Å². The summed E-state index contributed by atoms with van der Waals surface area (Å²) < 4.78 is 50.7.